The Morgan fingerprint density at radius 2 is 1.55 bits per heavy atom. The van der Waals surface area contributed by atoms with Gasteiger partial charge in [-0.25, -0.2) is 14.4 Å². The molecule has 0 aromatic heterocycles. The smallest absolute Gasteiger partial charge is 0.333 e. The molecular weight excluding hydrogens is 376 g/mol. The van der Waals surface area contributed by atoms with E-state index >= 15 is 0 Å². The molecule has 1 rings (SSSR count). The Morgan fingerprint density at radius 1 is 1.03 bits per heavy atom. The fourth-order valence-electron chi connectivity index (χ4n) is 1.35. The van der Waals surface area contributed by atoms with Crippen molar-refractivity contribution >= 4 is 17.9 Å². The van der Waals surface area contributed by atoms with Crippen LogP contribution in [0.15, 0.2) is 49.1 Å². The number of hydrogen-bond donors (Lipinski definition) is 0. The molecule has 1 atom stereocenters. The maximum Gasteiger partial charge on any atom is 0.333 e. The van der Waals surface area contributed by atoms with Gasteiger partial charge in [-0.1, -0.05) is 45.7 Å². The number of esters is 3. The Kier molecular flexibility index (Phi) is 17.2. The molecule has 0 aliphatic carbocycles. The second kappa shape index (κ2) is 17.4. The first kappa shape index (κ1) is 28.5. The van der Waals surface area contributed by atoms with Crippen LogP contribution in [0.4, 0.5) is 0 Å². The van der Waals surface area contributed by atoms with Crippen molar-refractivity contribution in [2.75, 3.05) is 26.9 Å². The third-order valence-corrected chi connectivity index (χ3v) is 3.14. The van der Waals surface area contributed by atoms with Gasteiger partial charge in [0.1, 0.15) is 19.3 Å². The van der Waals surface area contributed by atoms with Gasteiger partial charge in [0.15, 0.2) is 0 Å². The molecule has 0 aromatic rings. The van der Waals surface area contributed by atoms with Gasteiger partial charge in [-0.2, -0.15) is 0 Å². The summed E-state index contributed by atoms with van der Waals surface area (Å²) in [5, 5.41) is 0. The van der Waals surface area contributed by atoms with Gasteiger partial charge >= 0.3 is 17.9 Å². The van der Waals surface area contributed by atoms with Gasteiger partial charge in [-0.15, -0.1) is 0 Å². The zero-order valence-electron chi connectivity index (χ0n) is 18.1. The van der Waals surface area contributed by atoms with Crippen LogP contribution in [0, 0.1) is 0 Å². The SMILES string of the molecule is C=C(C)C(=O)OCC1CO1.C=C(CCCC)C(=O)OC.C=CCOC(=O)C(=C)C. The quantitative estimate of drug-likeness (QED) is 0.178. The summed E-state index contributed by atoms with van der Waals surface area (Å²) < 4.78 is 18.7. The minimum absolute atomic E-state index is 0.142. The number of rotatable bonds is 10. The lowest BCUT2D eigenvalue weighted by atomic mass is 10.1. The molecular formula is C22H34O7. The first-order valence-electron chi connectivity index (χ1n) is 9.24. The average Bonchev–Trinajstić information content (AvgIpc) is 3.52. The molecule has 29 heavy (non-hydrogen) atoms. The van der Waals surface area contributed by atoms with Crippen molar-refractivity contribution in [2.24, 2.45) is 0 Å². The van der Waals surface area contributed by atoms with Crippen LogP contribution in [-0.2, 0) is 33.3 Å². The van der Waals surface area contributed by atoms with E-state index < -0.39 is 0 Å². The van der Waals surface area contributed by atoms with Gasteiger partial charge < -0.3 is 18.9 Å². The summed E-state index contributed by atoms with van der Waals surface area (Å²) in [7, 11) is 1.37. The van der Waals surface area contributed by atoms with Crippen molar-refractivity contribution < 1.29 is 33.3 Å². The molecule has 1 unspecified atom stereocenters. The van der Waals surface area contributed by atoms with E-state index in [9.17, 15) is 14.4 Å². The molecule has 0 saturated carbocycles. The molecule has 1 aliphatic heterocycles. The zero-order valence-corrected chi connectivity index (χ0v) is 18.1. The van der Waals surface area contributed by atoms with Gasteiger partial charge in [0.05, 0.1) is 13.7 Å². The molecule has 1 heterocycles. The van der Waals surface area contributed by atoms with Crippen LogP contribution in [0.3, 0.4) is 0 Å². The van der Waals surface area contributed by atoms with Crippen LogP contribution < -0.4 is 0 Å². The summed E-state index contributed by atoms with van der Waals surface area (Å²) >= 11 is 0. The van der Waals surface area contributed by atoms with E-state index in [0.29, 0.717) is 29.9 Å². The summed E-state index contributed by atoms with van der Waals surface area (Å²) in [5.74, 6) is -0.987. The highest BCUT2D eigenvalue weighted by Crippen LogP contribution is 2.09. The first-order valence-corrected chi connectivity index (χ1v) is 9.24. The Bertz CT molecular complexity index is 586. The van der Waals surface area contributed by atoms with Crippen LogP contribution in [0.1, 0.15) is 40.0 Å². The Hall–Kier alpha value is -2.67. The van der Waals surface area contributed by atoms with E-state index in [0.717, 1.165) is 19.3 Å². The third-order valence-electron chi connectivity index (χ3n) is 3.14. The second-order valence-electron chi connectivity index (χ2n) is 6.20. The molecule has 164 valence electrons. The summed E-state index contributed by atoms with van der Waals surface area (Å²) in [6, 6.07) is 0. The highest BCUT2D eigenvalue weighted by atomic mass is 16.6. The topological polar surface area (TPSA) is 91.4 Å². The molecule has 0 aromatic carbocycles. The monoisotopic (exact) mass is 410 g/mol. The van der Waals surface area contributed by atoms with Crippen LogP contribution >= 0.6 is 0 Å². The van der Waals surface area contributed by atoms with Crippen LogP contribution in [-0.4, -0.2) is 50.9 Å². The van der Waals surface area contributed by atoms with Crippen LogP contribution in [0.25, 0.3) is 0 Å². The predicted molar refractivity (Wildman–Crippen MR) is 112 cm³/mol. The van der Waals surface area contributed by atoms with Gasteiger partial charge in [0.2, 0.25) is 0 Å². The molecule has 0 radical (unpaired) electrons. The average molecular weight is 411 g/mol. The zero-order chi connectivity index (χ0) is 22.8. The van der Waals surface area contributed by atoms with Crippen LogP contribution in [0.2, 0.25) is 0 Å². The summed E-state index contributed by atoms with van der Waals surface area (Å²) in [6.45, 7) is 20.4. The van der Waals surface area contributed by atoms with Gasteiger partial charge in [-0.05, 0) is 26.7 Å². The van der Waals surface area contributed by atoms with Gasteiger partial charge in [0.25, 0.3) is 0 Å². The molecule has 0 amide bonds. The van der Waals surface area contributed by atoms with E-state index in [1.54, 1.807) is 13.8 Å². The molecule has 1 aliphatic rings. The Balaban J connectivity index is 0. The summed E-state index contributed by atoms with van der Waals surface area (Å²) in [5.41, 5.74) is 1.42. The van der Waals surface area contributed by atoms with E-state index in [1.807, 2.05) is 0 Å². The highest BCUT2D eigenvalue weighted by molar-refractivity contribution is 5.87. The molecule has 7 nitrogen and oxygen atoms in total. The number of carbonyl (C=O) groups is 3. The number of carbonyl (C=O) groups excluding carboxylic acids is 3. The standard InChI is InChI=1S/C8H14O2.C7H10O3.C7H10O2/c1-4-5-6-7(2)8(9)10-3;1-5(2)7(8)10-4-6-3-9-6;1-4-5-9-7(8)6(2)3/h2,4-6H2,1,3H3;6H,1,3-4H2,2H3;4H,1-2,5H2,3H3. The molecule has 0 N–H and O–H groups in total. The molecule has 1 fully saturated rings. The van der Waals surface area contributed by atoms with Crippen molar-refractivity contribution in [3.05, 3.63) is 49.1 Å². The summed E-state index contributed by atoms with van der Waals surface area (Å²) in [6.07, 6.45) is 4.50. The molecule has 7 heteroatoms. The van der Waals surface area contributed by atoms with Gasteiger partial charge in [-0.3, -0.25) is 0 Å². The molecule has 0 bridgehead atoms. The number of epoxide rings is 1. The van der Waals surface area contributed by atoms with E-state index in [2.05, 4.69) is 42.7 Å². The maximum atomic E-state index is 10.7. The predicted octanol–water partition coefficient (Wildman–Crippen LogP) is 3.70. The minimum Gasteiger partial charge on any atom is -0.466 e. The number of methoxy groups -OCH3 is 1. The Labute approximate surface area is 174 Å². The van der Waals surface area contributed by atoms with E-state index in [1.165, 1.54) is 13.2 Å². The lowest BCUT2D eigenvalue weighted by Gasteiger charge is -2.00. The second-order valence-corrected chi connectivity index (χ2v) is 6.20. The highest BCUT2D eigenvalue weighted by Gasteiger charge is 2.24. The van der Waals surface area contributed by atoms with Crippen molar-refractivity contribution in [2.45, 2.75) is 46.1 Å². The third kappa shape index (κ3) is 18.5. The van der Waals surface area contributed by atoms with Crippen molar-refractivity contribution in [1.29, 1.82) is 0 Å². The fourth-order valence-corrected chi connectivity index (χ4v) is 1.35. The minimum atomic E-state index is -0.366. The normalized spacial score (nSPS) is 13.2. The fraction of sp³-hybridized carbons (Fsp3) is 0.500. The van der Waals surface area contributed by atoms with Crippen molar-refractivity contribution in [3.8, 4) is 0 Å². The van der Waals surface area contributed by atoms with Crippen LogP contribution in [0.5, 0.6) is 0 Å². The van der Waals surface area contributed by atoms with Crippen molar-refractivity contribution in [1.82, 2.24) is 0 Å². The van der Waals surface area contributed by atoms with E-state index in [4.69, 9.17) is 9.47 Å². The largest absolute Gasteiger partial charge is 0.466 e. The lowest BCUT2D eigenvalue weighted by Crippen LogP contribution is -2.09. The number of ether oxygens (including phenoxy) is 4. The van der Waals surface area contributed by atoms with Crippen molar-refractivity contribution in [3.63, 3.8) is 0 Å². The number of unbranched alkanes of at least 4 members (excludes halogenated alkanes) is 1. The summed E-state index contributed by atoms with van der Waals surface area (Å²) in [4.78, 5) is 31.9. The lowest BCUT2D eigenvalue weighted by molar-refractivity contribution is -0.139. The molecule has 0 spiro atoms. The first-order chi connectivity index (χ1) is 13.6. The van der Waals surface area contributed by atoms with E-state index in [-0.39, 0.29) is 30.6 Å². The number of hydrogen-bond acceptors (Lipinski definition) is 7. The maximum absolute atomic E-state index is 10.7. The molecule has 1 saturated heterocycles. The van der Waals surface area contributed by atoms with Gasteiger partial charge in [0, 0.05) is 16.7 Å². The Morgan fingerprint density at radius 3 is 1.93 bits per heavy atom.